The highest BCUT2D eigenvalue weighted by Crippen LogP contribution is 2.46. The first-order chi connectivity index (χ1) is 9.00. The lowest BCUT2D eigenvalue weighted by Gasteiger charge is -2.36. The van der Waals surface area contributed by atoms with Gasteiger partial charge in [-0.25, -0.2) is 0 Å². The second-order valence-electron chi connectivity index (χ2n) is 7.51. The van der Waals surface area contributed by atoms with Gasteiger partial charge in [-0.3, -0.25) is 4.79 Å². The lowest BCUT2D eigenvalue weighted by atomic mass is 9.85. The van der Waals surface area contributed by atoms with Gasteiger partial charge in [-0.05, 0) is 51.4 Å². The van der Waals surface area contributed by atoms with Crippen molar-refractivity contribution < 1.29 is 9.53 Å². The summed E-state index contributed by atoms with van der Waals surface area (Å²) in [6.07, 6.45) is 8.46. The Morgan fingerprint density at radius 3 is 2.63 bits per heavy atom. The van der Waals surface area contributed by atoms with Gasteiger partial charge < -0.3 is 9.64 Å². The highest BCUT2D eigenvalue weighted by molar-refractivity contribution is 5.79. The van der Waals surface area contributed by atoms with E-state index in [4.69, 9.17) is 4.74 Å². The van der Waals surface area contributed by atoms with E-state index in [0.717, 1.165) is 32.5 Å². The molecular formula is C16H27NO2. The van der Waals surface area contributed by atoms with Crippen LogP contribution in [0.25, 0.3) is 0 Å². The highest BCUT2D eigenvalue weighted by Gasteiger charge is 2.44. The van der Waals surface area contributed by atoms with Gasteiger partial charge in [0, 0.05) is 25.6 Å². The molecule has 1 aliphatic carbocycles. The highest BCUT2D eigenvalue weighted by atomic mass is 16.5. The quantitative estimate of drug-likeness (QED) is 0.729. The van der Waals surface area contributed by atoms with Crippen LogP contribution in [0.3, 0.4) is 0 Å². The molecule has 108 valence electrons. The molecule has 0 radical (unpaired) electrons. The van der Waals surface area contributed by atoms with Crippen LogP contribution in [0.5, 0.6) is 0 Å². The number of likely N-dealkylation sites (tertiary alicyclic amines) is 1. The van der Waals surface area contributed by atoms with Crippen molar-refractivity contribution in [1.29, 1.82) is 0 Å². The fourth-order valence-corrected chi connectivity index (χ4v) is 4.36. The Morgan fingerprint density at radius 2 is 1.95 bits per heavy atom. The minimum atomic E-state index is -0.122. The Bertz CT molecular complexity index is 358. The number of hydrogen-bond donors (Lipinski definition) is 0. The Hall–Kier alpha value is -0.570. The number of ether oxygens (including phenoxy) is 1. The molecule has 0 aromatic carbocycles. The van der Waals surface area contributed by atoms with Crippen LogP contribution in [0.1, 0.15) is 58.8 Å². The SMILES string of the molecule is CC1(C)C[C@H](C(=O)N2CCC3(CCCC3)C2)CCO1. The minimum Gasteiger partial charge on any atom is -0.376 e. The first-order valence-corrected chi connectivity index (χ1v) is 7.93. The summed E-state index contributed by atoms with van der Waals surface area (Å²) in [5.41, 5.74) is 0.375. The van der Waals surface area contributed by atoms with E-state index in [2.05, 4.69) is 18.7 Å². The minimum absolute atomic E-state index is 0.122. The van der Waals surface area contributed by atoms with E-state index in [1.165, 1.54) is 32.1 Å². The fraction of sp³-hybridized carbons (Fsp3) is 0.938. The zero-order valence-electron chi connectivity index (χ0n) is 12.4. The third kappa shape index (κ3) is 2.67. The molecule has 2 heterocycles. The molecule has 19 heavy (non-hydrogen) atoms. The number of carbonyl (C=O) groups excluding carboxylic acids is 1. The van der Waals surface area contributed by atoms with Gasteiger partial charge in [0.05, 0.1) is 5.60 Å². The van der Waals surface area contributed by atoms with Crippen molar-refractivity contribution in [2.24, 2.45) is 11.3 Å². The van der Waals surface area contributed by atoms with Gasteiger partial charge in [-0.1, -0.05) is 12.8 Å². The molecule has 0 aromatic heterocycles. The summed E-state index contributed by atoms with van der Waals surface area (Å²) in [6, 6.07) is 0. The molecule has 0 bridgehead atoms. The lowest BCUT2D eigenvalue weighted by molar-refractivity contribution is -0.144. The summed E-state index contributed by atoms with van der Waals surface area (Å²) in [7, 11) is 0. The second kappa shape index (κ2) is 4.76. The van der Waals surface area contributed by atoms with Gasteiger partial charge in [-0.2, -0.15) is 0 Å². The second-order valence-corrected chi connectivity index (χ2v) is 7.51. The van der Waals surface area contributed by atoms with Gasteiger partial charge >= 0.3 is 0 Å². The maximum absolute atomic E-state index is 12.7. The van der Waals surface area contributed by atoms with Gasteiger partial charge in [0.15, 0.2) is 0 Å². The van der Waals surface area contributed by atoms with E-state index in [0.29, 0.717) is 11.3 Å². The third-order valence-corrected chi connectivity index (χ3v) is 5.46. The number of amides is 1. The summed E-state index contributed by atoms with van der Waals surface area (Å²) in [5.74, 6) is 0.598. The van der Waals surface area contributed by atoms with Gasteiger partial charge in [0.25, 0.3) is 0 Å². The Balaban J connectivity index is 1.62. The Morgan fingerprint density at radius 1 is 1.21 bits per heavy atom. The molecule has 0 aromatic rings. The molecule has 2 saturated heterocycles. The van der Waals surface area contributed by atoms with Crippen molar-refractivity contribution in [2.75, 3.05) is 19.7 Å². The first-order valence-electron chi connectivity index (χ1n) is 7.93. The lowest BCUT2D eigenvalue weighted by Crippen LogP contribution is -2.43. The molecule has 2 aliphatic heterocycles. The summed E-state index contributed by atoms with van der Waals surface area (Å²) >= 11 is 0. The summed E-state index contributed by atoms with van der Waals surface area (Å²) in [6.45, 7) is 6.98. The first kappa shape index (κ1) is 13.4. The smallest absolute Gasteiger partial charge is 0.225 e. The van der Waals surface area contributed by atoms with Gasteiger partial charge in [0.2, 0.25) is 5.91 Å². The maximum atomic E-state index is 12.7. The zero-order valence-corrected chi connectivity index (χ0v) is 12.4. The van der Waals surface area contributed by atoms with E-state index in [-0.39, 0.29) is 11.5 Å². The van der Waals surface area contributed by atoms with Crippen molar-refractivity contribution in [3.05, 3.63) is 0 Å². The van der Waals surface area contributed by atoms with Gasteiger partial charge in [0.1, 0.15) is 0 Å². The predicted molar refractivity (Wildman–Crippen MR) is 74.9 cm³/mol. The molecular weight excluding hydrogens is 238 g/mol. The Kier molecular flexibility index (Phi) is 3.36. The van der Waals surface area contributed by atoms with Crippen LogP contribution in [-0.4, -0.2) is 36.1 Å². The van der Waals surface area contributed by atoms with Gasteiger partial charge in [-0.15, -0.1) is 0 Å². The van der Waals surface area contributed by atoms with E-state index in [1.54, 1.807) is 0 Å². The molecule has 3 fully saturated rings. The van der Waals surface area contributed by atoms with Crippen molar-refractivity contribution >= 4 is 5.91 Å². The number of nitrogens with zero attached hydrogens (tertiary/aromatic N) is 1. The molecule has 0 unspecified atom stereocenters. The molecule has 3 rings (SSSR count). The Labute approximate surface area is 116 Å². The van der Waals surface area contributed by atoms with E-state index in [9.17, 15) is 4.79 Å². The molecule has 1 amide bonds. The van der Waals surface area contributed by atoms with Crippen LogP contribution >= 0.6 is 0 Å². The van der Waals surface area contributed by atoms with Crippen molar-refractivity contribution in [1.82, 2.24) is 4.90 Å². The maximum Gasteiger partial charge on any atom is 0.225 e. The largest absolute Gasteiger partial charge is 0.376 e. The fourth-order valence-electron chi connectivity index (χ4n) is 4.36. The van der Waals surface area contributed by atoms with E-state index in [1.807, 2.05) is 0 Å². The molecule has 1 spiro atoms. The average molecular weight is 265 g/mol. The summed E-state index contributed by atoms with van der Waals surface area (Å²) in [4.78, 5) is 14.9. The number of carbonyl (C=O) groups is 1. The summed E-state index contributed by atoms with van der Waals surface area (Å²) in [5, 5.41) is 0. The monoisotopic (exact) mass is 265 g/mol. The van der Waals surface area contributed by atoms with Crippen molar-refractivity contribution in [3.63, 3.8) is 0 Å². The predicted octanol–water partition coefficient (Wildman–Crippen LogP) is 2.98. The van der Waals surface area contributed by atoms with Crippen LogP contribution in [0.4, 0.5) is 0 Å². The summed E-state index contributed by atoms with van der Waals surface area (Å²) < 4.78 is 5.73. The van der Waals surface area contributed by atoms with E-state index >= 15 is 0 Å². The van der Waals surface area contributed by atoms with Crippen LogP contribution in [0, 0.1) is 11.3 Å². The van der Waals surface area contributed by atoms with Crippen LogP contribution in [-0.2, 0) is 9.53 Å². The van der Waals surface area contributed by atoms with Crippen LogP contribution in [0.15, 0.2) is 0 Å². The number of rotatable bonds is 1. The molecule has 3 heteroatoms. The number of hydrogen-bond acceptors (Lipinski definition) is 2. The standard InChI is InChI=1S/C16H27NO2/c1-15(2)11-13(5-10-19-15)14(18)17-9-8-16(12-17)6-3-4-7-16/h13H,3-12H2,1-2H3/t13-/m1/s1. The molecule has 0 N–H and O–H groups in total. The topological polar surface area (TPSA) is 29.5 Å². The van der Waals surface area contributed by atoms with Crippen molar-refractivity contribution in [3.8, 4) is 0 Å². The van der Waals surface area contributed by atoms with Crippen molar-refractivity contribution in [2.45, 2.75) is 64.4 Å². The van der Waals surface area contributed by atoms with Crippen LogP contribution in [0.2, 0.25) is 0 Å². The third-order valence-electron chi connectivity index (χ3n) is 5.46. The molecule has 1 saturated carbocycles. The average Bonchev–Trinajstić information content (AvgIpc) is 2.98. The molecule has 1 atom stereocenters. The van der Waals surface area contributed by atoms with Crippen LogP contribution < -0.4 is 0 Å². The van der Waals surface area contributed by atoms with E-state index < -0.39 is 0 Å². The normalized spacial score (nSPS) is 32.9. The molecule has 3 nitrogen and oxygen atoms in total. The molecule has 3 aliphatic rings. The zero-order chi connectivity index (χ0) is 13.5.